The first-order valence-electron chi connectivity index (χ1n) is 13.8. The van der Waals surface area contributed by atoms with E-state index in [0.29, 0.717) is 18.0 Å². The number of nitrogen functional groups attached to an aromatic ring is 1. The molecule has 38 heavy (non-hydrogen) atoms. The minimum Gasteiger partial charge on any atom is -0.444 e. The summed E-state index contributed by atoms with van der Waals surface area (Å²) in [4.78, 5) is 32.0. The van der Waals surface area contributed by atoms with E-state index in [0.717, 1.165) is 62.6 Å². The molecule has 7 rings (SSSR count). The fourth-order valence-corrected chi connectivity index (χ4v) is 6.87. The van der Waals surface area contributed by atoms with E-state index in [1.165, 1.54) is 5.56 Å². The number of pyridine rings is 1. The van der Waals surface area contributed by atoms with Gasteiger partial charge in [-0.05, 0) is 88.8 Å². The smallest absolute Gasteiger partial charge is 0.410 e. The number of aromatic nitrogens is 1. The van der Waals surface area contributed by atoms with E-state index in [-0.39, 0.29) is 28.8 Å². The number of nitrogens with zero attached hydrogens (tertiary/aromatic N) is 2. The van der Waals surface area contributed by atoms with E-state index in [1.54, 1.807) is 6.20 Å². The number of nitrogens with one attached hydrogen (secondary N) is 1. The van der Waals surface area contributed by atoms with Crippen LogP contribution in [0.5, 0.6) is 0 Å². The topological polar surface area (TPSA) is 118 Å². The summed E-state index contributed by atoms with van der Waals surface area (Å²) in [5, 5.41) is 13.8. The number of carbonyl (C=O) groups excluding carboxylic acids is 2. The maximum Gasteiger partial charge on any atom is 0.410 e. The summed E-state index contributed by atoms with van der Waals surface area (Å²) in [6, 6.07) is 10.2. The van der Waals surface area contributed by atoms with E-state index < -0.39 is 11.2 Å². The minimum absolute atomic E-state index is 0.00526. The van der Waals surface area contributed by atoms with Gasteiger partial charge >= 0.3 is 6.09 Å². The van der Waals surface area contributed by atoms with Crippen molar-refractivity contribution in [3.05, 3.63) is 47.7 Å². The maximum atomic E-state index is 13.3. The molecule has 8 nitrogen and oxygen atoms in total. The molecule has 4 saturated carbocycles. The third kappa shape index (κ3) is 4.42. The zero-order chi connectivity index (χ0) is 26.9. The molecule has 4 aliphatic carbocycles. The van der Waals surface area contributed by atoms with Gasteiger partial charge in [0.15, 0.2) is 0 Å². The van der Waals surface area contributed by atoms with Crippen molar-refractivity contribution in [2.24, 2.45) is 5.92 Å². The Labute approximate surface area is 223 Å². The molecule has 2 aromatic rings. The van der Waals surface area contributed by atoms with Gasteiger partial charge in [-0.2, -0.15) is 0 Å². The van der Waals surface area contributed by atoms with Crippen LogP contribution in [0.3, 0.4) is 0 Å². The van der Waals surface area contributed by atoms with Gasteiger partial charge in [0, 0.05) is 35.8 Å². The Morgan fingerprint density at radius 2 is 1.74 bits per heavy atom. The first kappa shape index (κ1) is 25.2. The lowest BCUT2D eigenvalue weighted by Crippen LogP contribution is -2.58. The highest BCUT2D eigenvalue weighted by molar-refractivity contribution is 6.00. The lowest BCUT2D eigenvalue weighted by atomic mass is 9.63. The predicted molar refractivity (Wildman–Crippen MR) is 145 cm³/mol. The normalized spacial score (nSPS) is 31.6. The van der Waals surface area contributed by atoms with Crippen LogP contribution in [-0.4, -0.2) is 56.8 Å². The summed E-state index contributed by atoms with van der Waals surface area (Å²) in [7, 11) is 0. The molecule has 2 heterocycles. The van der Waals surface area contributed by atoms with E-state index in [2.05, 4.69) is 34.6 Å². The fraction of sp³-hybridized carbons (Fsp3) is 0.567. The number of carbonyl (C=O) groups is 2. The van der Waals surface area contributed by atoms with Gasteiger partial charge in [0.05, 0.1) is 11.2 Å². The van der Waals surface area contributed by atoms with Crippen LogP contribution in [0.15, 0.2) is 36.5 Å². The highest BCUT2D eigenvalue weighted by Gasteiger charge is 2.62. The molecule has 0 radical (unpaired) electrons. The molecule has 1 aliphatic heterocycles. The van der Waals surface area contributed by atoms with Gasteiger partial charge in [-0.3, -0.25) is 4.79 Å². The second-order valence-electron chi connectivity index (χ2n) is 13.1. The molecule has 8 heteroatoms. The van der Waals surface area contributed by atoms with Crippen molar-refractivity contribution in [1.29, 1.82) is 0 Å². The average Bonchev–Trinajstić information content (AvgIpc) is 3.44. The molecule has 2 amide bonds. The van der Waals surface area contributed by atoms with Crippen molar-refractivity contribution in [3.63, 3.8) is 0 Å². The number of hydrogen-bond donors (Lipinski definition) is 3. The Hall–Kier alpha value is -3.13. The minimum atomic E-state index is -0.550. The van der Waals surface area contributed by atoms with Crippen LogP contribution in [0.25, 0.3) is 11.1 Å². The van der Waals surface area contributed by atoms with Crippen molar-refractivity contribution in [3.8, 4) is 11.1 Å². The van der Waals surface area contributed by atoms with Gasteiger partial charge < -0.3 is 25.8 Å². The lowest BCUT2D eigenvalue weighted by Gasteiger charge is -2.51. The zero-order valence-electron chi connectivity index (χ0n) is 22.5. The standard InChI is InChI=1S/C30H38N4O4/c1-27(2,3)38-26(36)34-17-22-15-30(22,18-34)21-6-4-19(5-7-21)20-14-23(24(31)32-16-20)25(35)33-28-8-11-29(37,12-9-28)13-10-28/h4-7,14,16,22,37H,8-13,15,17-18H2,1-3H3,(H2,31,32)(H,33,35)/t22-,28?,29?,30+/m0/s1. The third-order valence-corrected chi connectivity index (χ3v) is 9.34. The van der Waals surface area contributed by atoms with Crippen LogP contribution in [0.2, 0.25) is 0 Å². The average molecular weight is 519 g/mol. The molecule has 5 aliphatic rings. The second-order valence-corrected chi connectivity index (χ2v) is 13.1. The first-order chi connectivity index (χ1) is 17.9. The van der Waals surface area contributed by atoms with E-state index >= 15 is 0 Å². The largest absolute Gasteiger partial charge is 0.444 e. The predicted octanol–water partition coefficient (Wildman–Crippen LogP) is 4.41. The number of likely N-dealkylation sites (tertiary alicyclic amines) is 1. The van der Waals surface area contributed by atoms with Gasteiger partial charge in [-0.25, -0.2) is 9.78 Å². The van der Waals surface area contributed by atoms with Gasteiger partial charge in [-0.15, -0.1) is 0 Å². The Bertz CT molecular complexity index is 1260. The van der Waals surface area contributed by atoms with Crippen molar-refractivity contribution in [2.75, 3.05) is 18.8 Å². The Balaban J connectivity index is 1.16. The summed E-state index contributed by atoms with van der Waals surface area (Å²) < 4.78 is 5.58. The van der Waals surface area contributed by atoms with Crippen molar-refractivity contribution in [1.82, 2.24) is 15.2 Å². The summed E-state index contributed by atoms with van der Waals surface area (Å²) in [5.74, 6) is 0.480. The molecule has 0 spiro atoms. The highest BCUT2D eigenvalue weighted by atomic mass is 16.6. The quantitative estimate of drug-likeness (QED) is 0.552. The highest BCUT2D eigenvalue weighted by Crippen LogP contribution is 2.59. The molecule has 4 N–H and O–H groups in total. The molecular formula is C30H38N4O4. The SMILES string of the molecule is CC(C)(C)OC(=O)N1C[C@@H]2C[C@]2(c2ccc(-c3cnc(N)c(C(=O)NC45CCC(O)(CC4)CC5)c3)cc2)C1. The number of ether oxygens (including phenoxy) is 1. The second kappa shape index (κ2) is 8.43. The van der Waals surface area contributed by atoms with E-state index in [4.69, 9.17) is 10.5 Å². The number of hydrogen-bond acceptors (Lipinski definition) is 6. The van der Waals surface area contributed by atoms with Gasteiger partial charge in [0.2, 0.25) is 0 Å². The van der Waals surface area contributed by atoms with Crippen molar-refractivity contribution in [2.45, 2.75) is 87.9 Å². The number of rotatable bonds is 4. The van der Waals surface area contributed by atoms with Gasteiger partial charge in [0.25, 0.3) is 5.91 Å². The van der Waals surface area contributed by atoms with Crippen LogP contribution in [-0.2, 0) is 10.2 Å². The van der Waals surface area contributed by atoms with Crippen LogP contribution in [0.1, 0.15) is 81.6 Å². The number of fused-ring (bicyclic) bond motifs is 4. The number of aliphatic hydroxyl groups is 1. The van der Waals surface area contributed by atoms with Crippen LogP contribution < -0.4 is 11.1 Å². The van der Waals surface area contributed by atoms with Crippen molar-refractivity contribution >= 4 is 17.8 Å². The van der Waals surface area contributed by atoms with Gasteiger partial charge in [0.1, 0.15) is 11.4 Å². The van der Waals surface area contributed by atoms with Gasteiger partial charge in [-0.1, -0.05) is 24.3 Å². The Kier molecular flexibility index (Phi) is 5.59. The summed E-state index contributed by atoms with van der Waals surface area (Å²) in [6.07, 6.45) is 7.10. The Morgan fingerprint density at radius 1 is 1.08 bits per heavy atom. The molecular weight excluding hydrogens is 480 g/mol. The number of nitrogens with two attached hydrogens (primary N) is 1. The zero-order valence-corrected chi connectivity index (χ0v) is 22.5. The fourth-order valence-electron chi connectivity index (χ4n) is 6.87. The summed E-state index contributed by atoms with van der Waals surface area (Å²) in [6.45, 7) is 7.09. The maximum absolute atomic E-state index is 13.3. The molecule has 0 unspecified atom stereocenters. The summed E-state index contributed by atoms with van der Waals surface area (Å²) >= 11 is 0. The molecule has 1 saturated heterocycles. The number of piperidine rings is 1. The number of anilines is 1. The number of amides is 2. The molecule has 1 aromatic carbocycles. The number of benzene rings is 1. The van der Waals surface area contributed by atoms with Crippen LogP contribution >= 0.6 is 0 Å². The molecule has 2 atom stereocenters. The lowest BCUT2D eigenvalue weighted by molar-refractivity contribution is -0.0702. The molecule has 1 aromatic heterocycles. The van der Waals surface area contributed by atoms with E-state index in [1.807, 2.05) is 31.7 Å². The van der Waals surface area contributed by atoms with E-state index in [9.17, 15) is 14.7 Å². The Morgan fingerprint density at radius 3 is 2.37 bits per heavy atom. The summed E-state index contributed by atoms with van der Waals surface area (Å²) in [5.41, 5.74) is 8.24. The van der Waals surface area contributed by atoms with Crippen LogP contribution in [0.4, 0.5) is 10.6 Å². The first-order valence-corrected chi connectivity index (χ1v) is 13.8. The van der Waals surface area contributed by atoms with Crippen molar-refractivity contribution < 1.29 is 19.4 Å². The third-order valence-electron chi connectivity index (χ3n) is 9.34. The van der Waals surface area contributed by atoms with Crippen LogP contribution in [0, 0.1) is 5.92 Å². The molecule has 202 valence electrons. The molecule has 2 bridgehead atoms. The monoisotopic (exact) mass is 518 g/mol. The molecule has 5 fully saturated rings.